The number of aromatic nitrogens is 2. The second-order valence-electron chi connectivity index (χ2n) is 8.95. The molecule has 3 atom stereocenters. The molecule has 4 N–H and O–H groups in total. The molecule has 0 bridgehead atoms. The molecule has 2 aromatic heterocycles. The topological polar surface area (TPSA) is 94.3 Å². The first kappa shape index (κ1) is 21.3. The molecule has 2 aliphatic heterocycles. The Kier molecular flexibility index (Phi) is 5.16. The van der Waals surface area contributed by atoms with Crippen LogP contribution in [0.3, 0.4) is 0 Å². The molecule has 6 rings (SSSR count). The van der Waals surface area contributed by atoms with Crippen molar-refractivity contribution in [1.29, 1.82) is 0 Å². The van der Waals surface area contributed by atoms with Crippen molar-refractivity contribution in [2.75, 3.05) is 30.4 Å². The van der Waals surface area contributed by atoms with Crippen LogP contribution in [0.2, 0.25) is 0 Å². The summed E-state index contributed by atoms with van der Waals surface area (Å²) in [7, 11) is 0. The summed E-state index contributed by atoms with van der Waals surface area (Å²) in [5, 5.41) is 19.7. The van der Waals surface area contributed by atoms with Crippen LogP contribution in [0, 0.1) is 5.82 Å². The van der Waals surface area contributed by atoms with Crippen LogP contribution in [0.1, 0.15) is 35.9 Å². The van der Waals surface area contributed by atoms with Crippen LogP contribution in [-0.4, -0.2) is 53.0 Å². The Hall–Kier alpha value is -3.21. The minimum absolute atomic E-state index is 0.0199. The van der Waals surface area contributed by atoms with Crippen molar-refractivity contribution in [3.63, 3.8) is 0 Å². The van der Waals surface area contributed by atoms with Gasteiger partial charge in [-0.2, -0.15) is 5.10 Å². The van der Waals surface area contributed by atoms with Crippen LogP contribution < -0.4 is 16.0 Å². The van der Waals surface area contributed by atoms with E-state index in [1.54, 1.807) is 23.6 Å². The summed E-state index contributed by atoms with van der Waals surface area (Å²) in [4.78, 5) is 15.1. The van der Waals surface area contributed by atoms with Gasteiger partial charge in [-0.3, -0.25) is 15.2 Å². The van der Waals surface area contributed by atoms with E-state index in [4.69, 9.17) is 4.74 Å². The third-order valence-corrected chi connectivity index (χ3v) is 7.48. The zero-order valence-electron chi connectivity index (χ0n) is 18.8. The number of H-pyrrole nitrogens is 1. The molecule has 4 aromatic rings. The summed E-state index contributed by atoms with van der Waals surface area (Å²) in [6.07, 6.45) is 1.44. The number of fused-ring (bicyclic) bond motifs is 4. The van der Waals surface area contributed by atoms with Crippen LogP contribution >= 0.6 is 11.3 Å². The number of hydrogen-bond donors (Lipinski definition) is 4. The lowest BCUT2D eigenvalue weighted by Crippen LogP contribution is -2.48. The van der Waals surface area contributed by atoms with Gasteiger partial charge in [-0.1, -0.05) is 6.07 Å². The molecule has 34 heavy (non-hydrogen) atoms. The van der Waals surface area contributed by atoms with Gasteiger partial charge in [0.25, 0.3) is 5.91 Å². The van der Waals surface area contributed by atoms with Gasteiger partial charge >= 0.3 is 0 Å². The fourth-order valence-electron chi connectivity index (χ4n) is 4.88. The van der Waals surface area contributed by atoms with Crippen molar-refractivity contribution in [3.8, 4) is 0 Å². The average Bonchev–Trinajstić information content (AvgIpc) is 3.41. The number of anilines is 2. The number of hydrogen-bond acceptors (Lipinski definition) is 7. The van der Waals surface area contributed by atoms with E-state index < -0.39 is 0 Å². The number of morpholine rings is 1. The largest absolute Gasteiger partial charge is 0.372 e. The lowest BCUT2D eigenvalue weighted by atomic mass is 10.0. The normalized spacial score (nSPS) is 22.6. The number of thiophene rings is 1. The molecule has 1 saturated heterocycles. The SMILES string of the molecule is C[C@@H]1CN(C(=O)c2ccc3c4c(sc3c2)NCNC4Nc2cc3cn[nH]c3cc2F)C[C@@H](C)O1. The van der Waals surface area contributed by atoms with E-state index in [0.29, 0.717) is 36.5 Å². The Labute approximate surface area is 199 Å². The standard InChI is InChI=1S/C24H25FN6O2S/c1-12-9-31(10-13(2)33-12)24(32)14-3-4-16-20(6-14)34-23-21(16)22(26-11-27-23)29-19-5-15-8-28-30-18(15)7-17(19)25/h3-8,12-13,22,26-27,29H,9-11H2,1-2H3,(H,28,30)/t12-,13-,22?/m1/s1. The van der Waals surface area contributed by atoms with Crippen molar-refractivity contribution in [2.24, 2.45) is 0 Å². The van der Waals surface area contributed by atoms with Crippen molar-refractivity contribution < 1.29 is 13.9 Å². The monoisotopic (exact) mass is 480 g/mol. The maximum atomic E-state index is 14.7. The Morgan fingerprint density at radius 1 is 1.24 bits per heavy atom. The zero-order valence-corrected chi connectivity index (χ0v) is 19.6. The second-order valence-corrected chi connectivity index (χ2v) is 10.00. The highest BCUT2D eigenvalue weighted by Gasteiger charge is 2.29. The number of rotatable bonds is 3. The third kappa shape index (κ3) is 3.67. The van der Waals surface area contributed by atoms with Crippen molar-refractivity contribution in [1.82, 2.24) is 20.4 Å². The van der Waals surface area contributed by atoms with E-state index in [2.05, 4.69) is 26.1 Å². The zero-order chi connectivity index (χ0) is 23.4. The van der Waals surface area contributed by atoms with Gasteiger partial charge in [-0.15, -0.1) is 11.3 Å². The number of nitrogens with zero attached hydrogens (tertiary/aromatic N) is 2. The van der Waals surface area contributed by atoms with Gasteiger partial charge in [0.1, 0.15) is 12.0 Å². The van der Waals surface area contributed by atoms with Crippen molar-refractivity contribution in [2.45, 2.75) is 32.2 Å². The van der Waals surface area contributed by atoms with Crippen molar-refractivity contribution in [3.05, 3.63) is 53.5 Å². The Bertz CT molecular complexity index is 1390. The molecule has 10 heteroatoms. The van der Waals surface area contributed by atoms with E-state index in [0.717, 1.165) is 26.0 Å². The van der Waals surface area contributed by atoms with Gasteiger partial charge in [-0.25, -0.2) is 4.39 Å². The molecule has 4 heterocycles. The molecule has 1 unspecified atom stereocenters. The van der Waals surface area contributed by atoms with Gasteiger partial charge in [-0.05, 0) is 32.0 Å². The molecule has 2 aliphatic rings. The molecule has 8 nitrogen and oxygen atoms in total. The predicted octanol–water partition coefficient (Wildman–Crippen LogP) is 4.25. The lowest BCUT2D eigenvalue weighted by molar-refractivity contribution is -0.0586. The fourth-order valence-corrected chi connectivity index (χ4v) is 6.06. The average molecular weight is 481 g/mol. The van der Waals surface area contributed by atoms with Gasteiger partial charge in [0.15, 0.2) is 0 Å². The first-order valence-electron chi connectivity index (χ1n) is 11.3. The van der Waals surface area contributed by atoms with E-state index in [1.165, 1.54) is 6.07 Å². The van der Waals surface area contributed by atoms with Crippen LogP contribution in [0.4, 0.5) is 15.1 Å². The van der Waals surface area contributed by atoms with E-state index in [9.17, 15) is 9.18 Å². The van der Waals surface area contributed by atoms with Gasteiger partial charge in [0.2, 0.25) is 0 Å². The van der Waals surface area contributed by atoms with E-state index >= 15 is 0 Å². The highest BCUT2D eigenvalue weighted by molar-refractivity contribution is 7.23. The maximum absolute atomic E-state index is 14.7. The summed E-state index contributed by atoms with van der Waals surface area (Å²) >= 11 is 1.61. The number of nitrogens with one attached hydrogen (secondary N) is 4. The highest BCUT2D eigenvalue weighted by Crippen LogP contribution is 2.42. The van der Waals surface area contributed by atoms with Crippen LogP contribution in [0.5, 0.6) is 0 Å². The maximum Gasteiger partial charge on any atom is 0.254 e. The lowest BCUT2D eigenvalue weighted by Gasteiger charge is -2.35. The van der Waals surface area contributed by atoms with Gasteiger partial charge in [0, 0.05) is 45.8 Å². The number of carbonyl (C=O) groups excluding carboxylic acids is 1. The first-order valence-corrected chi connectivity index (χ1v) is 12.2. The molecular weight excluding hydrogens is 455 g/mol. The highest BCUT2D eigenvalue weighted by atomic mass is 32.1. The molecule has 2 aromatic carbocycles. The summed E-state index contributed by atoms with van der Waals surface area (Å²) in [6.45, 7) is 5.71. The molecule has 176 valence electrons. The Balaban J connectivity index is 1.32. The molecule has 1 fully saturated rings. The number of ether oxygens (including phenoxy) is 1. The third-order valence-electron chi connectivity index (χ3n) is 6.35. The van der Waals surface area contributed by atoms with E-state index in [1.807, 2.05) is 36.9 Å². The first-order chi connectivity index (χ1) is 16.5. The molecule has 0 saturated carbocycles. The number of halogens is 1. The smallest absolute Gasteiger partial charge is 0.254 e. The van der Waals surface area contributed by atoms with Crippen LogP contribution in [-0.2, 0) is 4.74 Å². The summed E-state index contributed by atoms with van der Waals surface area (Å²) in [5.74, 6) is -0.327. The van der Waals surface area contributed by atoms with Crippen LogP contribution in [0.25, 0.3) is 21.0 Å². The van der Waals surface area contributed by atoms with Gasteiger partial charge < -0.3 is 20.3 Å². The minimum atomic E-state index is -0.347. The fraction of sp³-hybridized carbons (Fsp3) is 0.333. The Morgan fingerprint density at radius 2 is 2.06 bits per heavy atom. The molecular formula is C24H25FN6O2S. The van der Waals surface area contributed by atoms with Crippen molar-refractivity contribution >= 4 is 48.9 Å². The second kappa shape index (κ2) is 8.23. The number of amides is 1. The summed E-state index contributed by atoms with van der Waals surface area (Å²) < 4.78 is 21.5. The van der Waals surface area contributed by atoms with Crippen LogP contribution in [0.15, 0.2) is 36.5 Å². The van der Waals surface area contributed by atoms with E-state index in [-0.39, 0.29) is 30.1 Å². The molecule has 0 aliphatic carbocycles. The number of carbonyl (C=O) groups is 1. The molecule has 1 amide bonds. The Morgan fingerprint density at radius 3 is 2.88 bits per heavy atom. The number of benzene rings is 2. The predicted molar refractivity (Wildman–Crippen MR) is 132 cm³/mol. The molecule has 0 spiro atoms. The summed E-state index contributed by atoms with van der Waals surface area (Å²) in [6, 6.07) is 9.04. The minimum Gasteiger partial charge on any atom is -0.372 e. The quantitative estimate of drug-likeness (QED) is 0.350. The number of aromatic amines is 1. The van der Waals surface area contributed by atoms with Gasteiger partial charge in [0.05, 0.1) is 41.3 Å². The summed E-state index contributed by atoms with van der Waals surface area (Å²) in [5.41, 5.74) is 2.75. The molecule has 0 radical (unpaired) electrons.